The van der Waals surface area contributed by atoms with E-state index in [1.807, 2.05) is 0 Å². The quantitative estimate of drug-likeness (QED) is 0.483. The number of nitrogens with two attached hydrogens (primary N) is 1. The highest BCUT2D eigenvalue weighted by Gasteiger charge is 2.13. The molecule has 4 N–H and O–H groups in total. The van der Waals surface area contributed by atoms with Crippen molar-refractivity contribution in [3.8, 4) is 0 Å². The van der Waals surface area contributed by atoms with Crippen LogP contribution in [0.2, 0.25) is 0 Å². The number of halogens is 1. The van der Waals surface area contributed by atoms with Gasteiger partial charge in [0.05, 0.1) is 6.20 Å². The number of rotatable bonds is 7. The lowest BCUT2D eigenvalue weighted by molar-refractivity contribution is -0.118. The Morgan fingerprint density at radius 2 is 1.91 bits per heavy atom. The standard InChI is InChI=1S/C14H24N6O2.ClH/c15-13(21)10-20-9-12(18-19-20)14(22)17-8-7-16-11-5-3-1-2-4-6-11;/h9,11,16H,1-8,10H2,(H2,15,21)(H,17,22);1H. The van der Waals surface area contributed by atoms with E-state index in [1.165, 1.54) is 49.4 Å². The maximum atomic E-state index is 11.9. The first-order valence-corrected chi connectivity index (χ1v) is 7.85. The molecule has 1 aliphatic rings. The van der Waals surface area contributed by atoms with Gasteiger partial charge >= 0.3 is 0 Å². The molecule has 1 aromatic rings. The Kier molecular flexibility index (Phi) is 8.57. The van der Waals surface area contributed by atoms with Crippen molar-refractivity contribution in [3.63, 3.8) is 0 Å². The zero-order valence-electron chi connectivity index (χ0n) is 13.2. The Morgan fingerprint density at radius 3 is 2.57 bits per heavy atom. The van der Waals surface area contributed by atoms with Gasteiger partial charge in [-0.05, 0) is 12.8 Å². The number of hydrogen-bond acceptors (Lipinski definition) is 5. The predicted octanol–water partition coefficient (Wildman–Crippen LogP) is 0.227. The molecule has 1 heterocycles. The zero-order valence-corrected chi connectivity index (χ0v) is 14.0. The molecule has 9 heteroatoms. The molecule has 130 valence electrons. The van der Waals surface area contributed by atoms with Crippen molar-refractivity contribution in [1.82, 2.24) is 25.6 Å². The minimum Gasteiger partial charge on any atom is -0.368 e. The molecule has 0 aromatic carbocycles. The van der Waals surface area contributed by atoms with E-state index in [-0.39, 0.29) is 30.6 Å². The average molecular weight is 345 g/mol. The van der Waals surface area contributed by atoms with Gasteiger partial charge in [0.2, 0.25) is 5.91 Å². The highest BCUT2D eigenvalue weighted by atomic mass is 35.5. The molecule has 1 aromatic heterocycles. The Bertz CT molecular complexity index is 499. The lowest BCUT2D eigenvalue weighted by Gasteiger charge is -2.16. The fourth-order valence-electron chi connectivity index (χ4n) is 2.67. The molecular formula is C14H25ClN6O2. The van der Waals surface area contributed by atoms with Crippen LogP contribution in [0.15, 0.2) is 6.20 Å². The van der Waals surface area contributed by atoms with Gasteiger partial charge in [-0.3, -0.25) is 9.59 Å². The zero-order chi connectivity index (χ0) is 15.8. The third-order valence-electron chi connectivity index (χ3n) is 3.79. The van der Waals surface area contributed by atoms with Crippen molar-refractivity contribution in [1.29, 1.82) is 0 Å². The van der Waals surface area contributed by atoms with Gasteiger partial charge in [0.15, 0.2) is 5.69 Å². The van der Waals surface area contributed by atoms with E-state index in [9.17, 15) is 9.59 Å². The van der Waals surface area contributed by atoms with Crippen molar-refractivity contribution in [2.75, 3.05) is 13.1 Å². The smallest absolute Gasteiger partial charge is 0.273 e. The lowest BCUT2D eigenvalue weighted by atomic mass is 10.1. The number of aromatic nitrogens is 3. The van der Waals surface area contributed by atoms with E-state index in [4.69, 9.17) is 5.73 Å². The van der Waals surface area contributed by atoms with Gasteiger partial charge in [0, 0.05) is 19.1 Å². The first-order chi connectivity index (χ1) is 10.6. The normalized spacial score (nSPS) is 15.5. The van der Waals surface area contributed by atoms with Crippen LogP contribution in [0.4, 0.5) is 0 Å². The topological polar surface area (TPSA) is 115 Å². The van der Waals surface area contributed by atoms with Crippen LogP contribution in [0.25, 0.3) is 0 Å². The molecule has 0 unspecified atom stereocenters. The van der Waals surface area contributed by atoms with Crippen LogP contribution in [0.1, 0.15) is 49.0 Å². The van der Waals surface area contributed by atoms with Crippen LogP contribution in [0.5, 0.6) is 0 Å². The van der Waals surface area contributed by atoms with Gasteiger partial charge < -0.3 is 16.4 Å². The maximum Gasteiger partial charge on any atom is 0.273 e. The Hall–Kier alpha value is -1.67. The highest BCUT2D eigenvalue weighted by Crippen LogP contribution is 2.16. The third kappa shape index (κ3) is 6.96. The summed E-state index contributed by atoms with van der Waals surface area (Å²) in [5, 5.41) is 13.7. The fourth-order valence-corrected chi connectivity index (χ4v) is 2.67. The molecule has 2 rings (SSSR count). The molecule has 2 amide bonds. The molecule has 23 heavy (non-hydrogen) atoms. The second kappa shape index (κ2) is 10.2. The van der Waals surface area contributed by atoms with E-state index in [0.29, 0.717) is 12.6 Å². The minimum absolute atomic E-state index is 0. The summed E-state index contributed by atoms with van der Waals surface area (Å²) in [6.45, 7) is 1.20. The number of carbonyl (C=O) groups excluding carboxylic acids is 2. The van der Waals surface area contributed by atoms with Crippen molar-refractivity contribution in [2.45, 2.75) is 51.1 Å². The molecule has 1 saturated carbocycles. The van der Waals surface area contributed by atoms with Crippen molar-refractivity contribution in [3.05, 3.63) is 11.9 Å². The molecule has 0 atom stereocenters. The molecule has 0 radical (unpaired) electrons. The summed E-state index contributed by atoms with van der Waals surface area (Å²) in [6, 6.07) is 0.566. The first-order valence-electron chi connectivity index (χ1n) is 7.85. The first kappa shape index (κ1) is 19.4. The van der Waals surface area contributed by atoms with Gasteiger partial charge in [-0.15, -0.1) is 17.5 Å². The largest absolute Gasteiger partial charge is 0.368 e. The predicted molar refractivity (Wildman–Crippen MR) is 88.3 cm³/mol. The SMILES string of the molecule is Cl.NC(=O)Cn1cc(C(=O)NCCNC2CCCCCC2)nn1. The fraction of sp³-hybridized carbons (Fsp3) is 0.714. The third-order valence-corrected chi connectivity index (χ3v) is 3.79. The number of hydrogen-bond donors (Lipinski definition) is 3. The summed E-state index contributed by atoms with van der Waals surface area (Å²) in [6.07, 6.45) is 9.08. The maximum absolute atomic E-state index is 11.9. The molecule has 0 bridgehead atoms. The molecule has 0 spiro atoms. The number of nitrogens with one attached hydrogen (secondary N) is 2. The van der Waals surface area contributed by atoms with E-state index in [1.54, 1.807) is 0 Å². The van der Waals surface area contributed by atoms with Crippen LogP contribution in [-0.4, -0.2) is 45.9 Å². The summed E-state index contributed by atoms with van der Waals surface area (Å²) >= 11 is 0. The van der Waals surface area contributed by atoms with Crippen molar-refractivity contribution >= 4 is 24.2 Å². The molecule has 0 aliphatic heterocycles. The van der Waals surface area contributed by atoms with Gasteiger partial charge in [-0.1, -0.05) is 30.9 Å². The van der Waals surface area contributed by atoms with Crippen molar-refractivity contribution < 1.29 is 9.59 Å². The van der Waals surface area contributed by atoms with E-state index in [2.05, 4.69) is 20.9 Å². The van der Waals surface area contributed by atoms with Crippen LogP contribution in [0, 0.1) is 0 Å². The van der Waals surface area contributed by atoms with Crippen LogP contribution >= 0.6 is 12.4 Å². The molecular weight excluding hydrogens is 320 g/mol. The van der Waals surface area contributed by atoms with Crippen LogP contribution < -0.4 is 16.4 Å². The molecule has 1 fully saturated rings. The summed E-state index contributed by atoms with van der Waals surface area (Å²) in [7, 11) is 0. The summed E-state index contributed by atoms with van der Waals surface area (Å²) in [5.41, 5.74) is 5.24. The summed E-state index contributed by atoms with van der Waals surface area (Å²) in [5.74, 6) is -0.817. The van der Waals surface area contributed by atoms with Gasteiger partial charge in [0.1, 0.15) is 6.54 Å². The molecule has 8 nitrogen and oxygen atoms in total. The number of amides is 2. The Balaban J connectivity index is 0.00000264. The minimum atomic E-state index is -0.524. The van der Waals surface area contributed by atoms with Crippen LogP contribution in [0.3, 0.4) is 0 Å². The van der Waals surface area contributed by atoms with Gasteiger partial charge in [0.25, 0.3) is 5.91 Å². The van der Waals surface area contributed by atoms with E-state index < -0.39 is 5.91 Å². The van der Waals surface area contributed by atoms with Gasteiger partial charge in [-0.2, -0.15) is 0 Å². The lowest BCUT2D eigenvalue weighted by Crippen LogP contribution is -2.37. The number of nitrogens with zero attached hydrogens (tertiary/aromatic N) is 3. The second-order valence-corrected chi connectivity index (χ2v) is 5.67. The van der Waals surface area contributed by atoms with E-state index in [0.717, 1.165) is 6.54 Å². The highest BCUT2D eigenvalue weighted by molar-refractivity contribution is 5.91. The summed E-state index contributed by atoms with van der Waals surface area (Å²) < 4.78 is 1.25. The second-order valence-electron chi connectivity index (χ2n) is 5.67. The average Bonchev–Trinajstić information content (AvgIpc) is 2.78. The Morgan fingerprint density at radius 1 is 1.22 bits per heavy atom. The number of primary amides is 1. The monoisotopic (exact) mass is 344 g/mol. The molecule has 1 aliphatic carbocycles. The summed E-state index contributed by atoms with van der Waals surface area (Å²) in [4.78, 5) is 22.6. The molecule has 0 saturated heterocycles. The van der Waals surface area contributed by atoms with Gasteiger partial charge in [-0.25, -0.2) is 4.68 Å². The van der Waals surface area contributed by atoms with Crippen molar-refractivity contribution in [2.24, 2.45) is 5.73 Å². The van der Waals surface area contributed by atoms with Crippen LogP contribution in [-0.2, 0) is 11.3 Å². The van der Waals surface area contributed by atoms with E-state index >= 15 is 0 Å². The number of carbonyl (C=O) groups is 2. The Labute approximate surface area is 142 Å².